The van der Waals surface area contributed by atoms with E-state index < -0.39 is 0 Å². The minimum Gasteiger partial charge on any atom is -0.356 e. The highest BCUT2D eigenvalue weighted by molar-refractivity contribution is 6.30. The normalized spacial score (nSPS) is 17.4. The zero-order valence-electron chi connectivity index (χ0n) is 12.8. The molecule has 0 saturated heterocycles. The second-order valence-corrected chi connectivity index (χ2v) is 7.11. The maximum atomic E-state index is 6.28. The molecule has 4 heteroatoms. The van der Waals surface area contributed by atoms with Crippen LogP contribution in [0.25, 0.3) is 0 Å². The molecule has 19 heavy (non-hydrogen) atoms. The highest BCUT2D eigenvalue weighted by Crippen LogP contribution is 2.40. The van der Waals surface area contributed by atoms with Gasteiger partial charge < -0.3 is 4.90 Å². The molecule has 1 aliphatic carbocycles. The topological polar surface area (TPSA) is 29.0 Å². The maximum absolute atomic E-state index is 6.28. The van der Waals surface area contributed by atoms with Crippen LogP contribution in [0.4, 0.5) is 5.82 Å². The summed E-state index contributed by atoms with van der Waals surface area (Å²) in [6.45, 7) is 11.0. The summed E-state index contributed by atoms with van der Waals surface area (Å²) in [5.41, 5.74) is 1.17. The third-order valence-corrected chi connectivity index (χ3v) is 4.56. The van der Waals surface area contributed by atoms with E-state index in [1.807, 2.05) is 6.92 Å². The van der Waals surface area contributed by atoms with Gasteiger partial charge in [0.05, 0.1) is 0 Å². The van der Waals surface area contributed by atoms with Crippen LogP contribution < -0.4 is 4.90 Å². The van der Waals surface area contributed by atoms with E-state index in [0.29, 0.717) is 17.1 Å². The van der Waals surface area contributed by atoms with E-state index in [4.69, 9.17) is 16.6 Å². The van der Waals surface area contributed by atoms with Crippen molar-refractivity contribution in [3.63, 3.8) is 0 Å². The predicted molar refractivity (Wildman–Crippen MR) is 81.1 cm³/mol. The number of halogens is 1. The first-order valence-electron chi connectivity index (χ1n) is 6.98. The molecule has 1 heterocycles. The molecule has 0 radical (unpaired) electrons. The third-order valence-electron chi connectivity index (χ3n) is 4.19. The van der Waals surface area contributed by atoms with Gasteiger partial charge in [-0.25, -0.2) is 9.97 Å². The minimum absolute atomic E-state index is 0.193. The quantitative estimate of drug-likeness (QED) is 0.778. The van der Waals surface area contributed by atoms with Crippen LogP contribution in [0.3, 0.4) is 0 Å². The van der Waals surface area contributed by atoms with Gasteiger partial charge in [0.1, 0.15) is 16.8 Å². The summed E-state index contributed by atoms with van der Waals surface area (Å²) in [6, 6.07) is 0.379. The summed E-state index contributed by atoms with van der Waals surface area (Å²) in [5, 5.41) is 0.597. The van der Waals surface area contributed by atoms with E-state index in [-0.39, 0.29) is 5.41 Å². The summed E-state index contributed by atoms with van der Waals surface area (Å²) in [5.74, 6) is 2.41. The largest absolute Gasteiger partial charge is 0.356 e. The van der Waals surface area contributed by atoms with Crippen LogP contribution in [0, 0.1) is 12.3 Å². The van der Waals surface area contributed by atoms with Crippen molar-refractivity contribution in [2.24, 2.45) is 5.41 Å². The lowest BCUT2D eigenvalue weighted by Crippen LogP contribution is -2.40. The SMILES string of the molecule is Cc1c(Cl)nc(C2CC2)nc1N(C)C(C)C(C)(C)C. The summed E-state index contributed by atoms with van der Waals surface area (Å²) in [6.07, 6.45) is 2.38. The molecule has 1 saturated carbocycles. The second kappa shape index (κ2) is 4.93. The lowest BCUT2D eigenvalue weighted by atomic mass is 9.87. The van der Waals surface area contributed by atoms with Crippen LogP contribution in [0.2, 0.25) is 5.15 Å². The number of hydrogen-bond acceptors (Lipinski definition) is 3. The van der Waals surface area contributed by atoms with Crippen LogP contribution in [-0.4, -0.2) is 23.1 Å². The fraction of sp³-hybridized carbons (Fsp3) is 0.733. The van der Waals surface area contributed by atoms with Crippen molar-refractivity contribution >= 4 is 17.4 Å². The fourth-order valence-corrected chi connectivity index (χ4v) is 2.30. The van der Waals surface area contributed by atoms with Gasteiger partial charge in [-0.05, 0) is 32.1 Å². The minimum atomic E-state index is 0.193. The van der Waals surface area contributed by atoms with Crippen molar-refractivity contribution in [1.29, 1.82) is 0 Å². The van der Waals surface area contributed by atoms with Crippen molar-refractivity contribution in [3.05, 3.63) is 16.5 Å². The Hall–Kier alpha value is -0.830. The Morgan fingerprint density at radius 1 is 1.26 bits per heavy atom. The fourth-order valence-electron chi connectivity index (χ4n) is 2.13. The highest BCUT2D eigenvalue weighted by atomic mass is 35.5. The molecule has 0 spiro atoms. The molecule has 2 rings (SSSR count). The van der Waals surface area contributed by atoms with Gasteiger partial charge in [-0.15, -0.1) is 0 Å². The first-order valence-corrected chi connectivity index (χ1v) is 7.36. The average Bonchev–Trinajstić information content (AvgIpc) is 3.13. The van der Waals surface area contributed by atoms with E-state index in [9.17, 15) is 0 Å². The Labute approximate surface area is 121 Å². The summed E-state index contributed by atoms with van der Waals surface area (Å²) < 4.78 is 0. The van der Waals surface area contributed by atoms with Crippen molar-refractivity contribution < 1.29 is 0 Å². The van der Waals surface area contributed by atoms with Crippen LogP contribution in [0.5, 0.6) is 0 Å². The van der Waals surface area contributed by atoms with Gasteiger partial charge in [0.15, 0.2) is 0 Å². The zero-order valence-corrected chi connectivity index (χ0v) is 13.5. The van der Waals surface area contributed by atoms with Crippen LogP contribution in [-0.2, 0) is 0 Å². The van der Waals surface area contributed by atoms with Gasteiger partial charge in [-0.1, -0.05) is 32.4 Å². The molecule has 0 N–H and O–H groups in total. The molecule has 1 atom stereocenters. The van der Waals surface area contributed by atoms with Crippen molar-refractivity contribution in [2.75, 3.05) is 11.9 Å². The molecule has 1 aliphatic rings. The van der Waals surface area contributed by atoms with E-state index in [0.717, 1.165) is 17.2 Å². The monoisotopic (exact) mass is 281 g/mol. The predicted octanol–water partition coefficient (Wildman–Crippen LogP) is 4.19. The Morgan fingerprint density at radius 2 is 1.84 bits per heavy atom. The molecular weight excluding hydrogens is 258 g/mol. The molecule has 3 nitrogen and oxygen atoms in total. The Bertz CT molecular complexity index is 475. The molecule has 1 fully saturated rings. The van der Waals surface area contributed by atoms with Crippen molar-refractivity contribution in [2.45, 2.75) is 59.4 Å². The Morgan fingerprint density at radius 3 is 2.32 bits per heavy atom. The van der Waals surface area contributed by atoms with Crippen LogP contribution >= 0.6 is 11.6 Å². The zero-order chi connectivity index (χ0) is 14.4. The summed E-state index contributed by atoms with van der Waals surface area (Å²) in [7, 11) is 2.10. The Kier molecular flexibility index (Phi) is 3.78. The molecule has 0 bridgehead atoms. The standard InChI is InChI=1S/C15H24ClN3/c1-9-12(16)17-13(11-7-8-11)18-14(9)19(6)10(2)15(3,4)5/h10-11H,7-8H2,1-6H3. The lowest BCUT2D eigenvalue weighted by Gasteiger charge is -2.37. The van der Waals surface area contributed by atoms with E-state index in [1.54, 1.807) is 0 Å². The van der Waals surface area contributed by atoms with Crippen LogP contribution in [0.1, 0.15) is 57.8 Å². The van der Waals surface area contributed by atoms with E-state index >= 15 is 0 Å². The molecule has 106 valence electrons. The average molecular weight is 282 g/mol. The van der Waals surface area contributed by atoms with Crippen molar-refractivity contribution in [1.82, 2.24) is 9.97 Å². The van der Waals surface area contributed by atoms with Gasteiger partial charge in [0.25, 0.3) is 0 Å². The molecule has 0 aliphatic heterocycles. The molecule has 1 unspecified atom stereocenters. The van der Waals surface area contributed by atoms with Gasteiger partial charge in [-0.2, -0.15) is 0 Å². The number of rotatable bonds is 3. The first-order chi connectivity index (χ1) is 8.71. The van der Waals surface area contributed by atoms with Gasteiger partial charge in [-0.3, -0.25) is 0 Å². The number of anilines is 1. The highest BCUT2D eigenvalue weighted by Gasteiger charge is 2.30. The second-order valence-electron chi connectivity index (χ2n) is 6.75. The molecule has 0 aromatic carbocycles. The van der Waals surface area contributed by atoms with E-state index in [1.165, 1.54) is 12.8 Å². The lowest BCUT2D eigenvalue weighted by molar-refractivity contribution is 0.328. The van der Waals surface area contributed by atoms with Gasteiger partial charge in [0.2, 0.25) is 0 Å². The van der Waals surface area contributed by atoms with Gasteiger partial charge in [0, 0.05) is 24.6 Å². The third kappa shape index (κ3) is 3.02. The Balaban J connectivity index is 2.37. The first kappa shape index (κ1) is 14.6. The molecule has 1 aromatic heterocycles. The van der Waals surface area contributed by atoms with Crippen LogP contribution in [0.15, 0.2) is 0 Å². The summed E-state index contributed by atoms with van der Waals surface area (Å²) in [4.78, 5) is 11.4. The summed E-state index contributed by atoms with van der Waals surface area (Å²) >= 11 is 6.28. The smallest absolute Gasteiger partial charge is 0.137 e. The molecule has 1 aromatic rings. The maximum Gasteiger partial charge on any atom is 0.137 e. The number of hydrogen-bond donors (Lipinski definition) is 0. The van der Waals surface area contributed by atoms with E-state index in [2.05, 4.69) is 44.6 Å². The van der Waals surface area contributed by atoms with Crippen molar-refractivity contribution in [3.8, 4) is 0 Å². The molecular formula is C15H24ClN3. The number of aromatic nitrogens is 2. The molecule has 0 amide bonds. The van der Waals surface area contributed by atoms with Gasteiger partial charge >= 0.3 is 0 Å². The number of nitrogens with zero attached hydrogens (tertiary/aromatic N) is 3.